The van der Waals surface area contributed by atoms with Gasteiger partial charge in [0, 0.05) is 43.1 Å². The van der Waals surface area contributed by atoms with Crippen LogP contribution in [0.4, 0.5) is 0 Å². The first-order valence-corrected chi connectivity index (χ1v) is 9.47. The first kappa shape index (κ1) is 21.3. The van der Waals surface area contributed by atoms with E-state index in [4.69, 9.17) is 9.47 Å². The molecule has 2 heterocycles. The summed E-state index contributed by atoms with van der Waals surface area (Å²) >= 11 is -1.33. The van der Waals surface area contributed by atoms with Gasteiger partial charge in [0.05, 0.1) is 18.0 Å². The fraction of sp³-hybridized carbons (Fsp3) is 0.389. The van der Waals surface area contributed by atoms with Crippen molar-refractivity contribution in [2.45, 2.75) is 25.1 Å². The van der Waals surface area contributed by atoms with Crippen molar-refractivity contribution in [3.63, 3.8) is 0 Å². The minimum absolute atomic E-state index is 0. The van der Waals surface area contributed by atoms with Gasteiger partial charge < -0.3 is 14.0 Å². The molecule has 0 radical (unpaired) electrons. The second-order valence-corrected chi connectivity index (χ2v) is 7.05. The summed E-state index contributed by atoms with van der Waals surface area (Å²) in [5, 5.41) is 0.379. The van der Waals surface area contributed by atoms with Crippen LogP contribution in [0.5, 0.6) is 5.75 Å². The zero-order valence-corrected chi connectivity index (χ0v) is 15.2. The molecule has 26 heavy (non-hydrogen) atoms. The van der Waals surface area contributed by atoms with Crippen LogP contribution in [-0.2, 0) is 21.7 Å². The average molecular weight is 383 g/mol. The summed E-state index contributed by atoms with van der Waals surface area (Å²) in [7, 11) is 1.67. The predicted molar refractivity (Wildman–Crippen MR) is 107 cm³/mol. The molecule has 0 aromatic carbocycles. The summed E-state index contributed by atoms with van der Waals surface area (Å²) in [6, 6.07) is 1.72. The first-order valence-electron chi connectivity index (χ1n) is 8.15. The number of aromatic nitrogens is 1. The number of ether oxygens (including phenoxy) is 2. The van der Waals surface area contributed by atoms with Crippen LogP contribution in [0, 0.1) is 6.92 Å². The van der Waals surface area contributed by atoms with E-state index in [1.165, 1.54) is 0 Å². The normalized spacial score (nSPS) is 18.7. The summed E-state index contributed by atoms with van der Waals surface area (Å²) in [5.74, 6) is 1.04. The fourth-order valence-electron chi connectivity index (χ4n) is 2.54. The number of fused-ring (bicyclic) bond motifs is 1. The Hall–Kier alpha value is -0.960. The van der Waals surface area contributed by atoms with Crippen LogP contribution >= 0.6 is 0 Å². The predicted octanol–water partition coefficient (Wildman–Crippen LogP) is 1.71. The van der Waals surface area contributed by atoms with E-state index >= 15 is 0 Å². The third-order valence-electron chi connectivity index (χ3n) is 3.93. The van der Waals surface area contributed by atoms with Crippen molar-refractivity contribution in [3.8, 4) is 5.75 Å². The molecule has 8 heteroatoms. The minimum atomic E-state index is -1.33. The third-order valence-corrected chi connectivity index (χ3v) is 5.07. The van der Waals surface area contributed by atoms with Crippen LogP contribution in [-0.4, -0.2) is 76.3 Å². The van der Waals surface area contributed by atoms with E-state index in [-0.39, 0.29) is 41.4 Å². The number of rotatable bonds is 7. The molecule has 2 aliphatic rings. The number of nitrogens with zero attached hydrogens (tertiary/aromatic N) is 3. The Bertz CT molecular complexity index is 749. The Balaban J connectivity index is 0.00000243. The van der Waals surface area contributed by atoms with Crippen LogP contribution in [0.25, 0.3) is 0 Å². The molecule has 1 aromatic rings. The van der Waals surface area contributed by atoms with Gasteiger partial charge in [-0.15, -0.1) is 0 Å². The first-order chi connectivity index (χ1) is 12.2. The second kappa shape index (κ2) is 10.4. The number of allylic oxidation sites excluding steroid dienone is 2. The number of amidine groups is 1. The molecule has 0 saturated heterocycles. The Labute approximate surface area is 179 Å². The van der Waals surface area contributed by atoms with Gasteiger partial charge in [-0.25, -0.2) is 4.99 Å². The molecule has 0 bridgehead atoms. The van der Waals surface area contributed by atoms with Crippen LogP contribution in [0.15, 0.2) is 46.6 Å². The number of aliphatic imine (C=N–C) groups is 2. The molecule has 0 spiro atoms. The topological polar surface area (TPSA) is 79.1 Å². The maximum absolute atomic E-state index is 12.6. The van der Waals surface area contributed by atoms with Gasteiger partial charge in [-0.2, -0.15) is 4.99 Å². The van der Waals surface area contributed by atoms with E-state index in [0.29, 0.717) is 18.4 Å². The summed E-state index contributed by atoms with van der Waals surface area (Å²) in [6.45, 7) is 3.16. The van der Waals surface area contributed by atoms with Gasteiger partial charge >= 0.3 is 34.7 Å². The molecule has 1 aliphatic heterocycles. The maximum atomic E-state index is 12.6. The molecule has 6 nitrogen and oxygen atoms in total. The van der Waals surface area contributed by atoms with E-state index in [9.17, 15) is 4.55 Å². The van der Waals surface area contributed by atoms with Gasteiger partial charge in [0.2, 0.25) is 0 Å². The molecule has 3 rings (SSSR count). The Kier molecular flexibility index (Phi) is 8.53. The van der Waals surface area contributed by atoms with Gasteiger partial charge in [-0.3, -0.25) is 4.98 Å². The van der Waals surface area contributed by atoms with Crippen molar-refractivity contribution in [2.24, 2.45) is 9.98 Å². The average Bonchev–Trinajstić information content (AvgIpc) is 3.06. The second-order valence-electron chi connectivity index (χ2n) is 5.70. The summed E-state index contributed by atoms with van der Waals surface area (Å²) in [6.07, 6.45) is 10.2. The summed E-state index contributed by atoms with van der Waals surface area (Å²) in [4.78, 5) is 13.2. The Morgan fingerprint density at radius 2 is 2.12 bits per heavy atom. The van der Waals surface area contributed by atoms with Gasteiger partial charge in [0.1, 0.15) is 11.8 Å². The number of hydrogen-bond donors (Lipinski definition) is 0. The molecule has 134 valence electrons. The van der Waals surface area contributed by atoms with E-state index in [0.717, 1.165) is 29.1 Å². The van der Waals surface area contributed by atoms with E-state index in [2.05, 4.69) is 15.0 Å². The number of hydrogen-bond acceptors (Lipinski definition) is 6. The number of pyridine rings is 1. The van der Waals surface area contributed by atoms with Crippen LogP contribution in [0.2, 0.25) is 0 Å². The molecule has 0 amide bonds. The van der Waals surface area contributed by atoms with Gasteiger partial charge in [-0.1, -0.05) is 18.2 Å². The van der Waals surface area contributed by atoms with Crippen molar-refractivity contribution in [2.75, 3.05) is 20.3 Å². The van der Waals surface area contributed by atoms with Crippen LogP contribution in [0.1, 0.15) is 17.7 Å². The fourth-order valence-corrected chi connectivity index (χ4v) is 3.64. The van der Waals surface area contributed by atoms with E-state index in [1.807, 2.05) is 37.3 Å². The van der Waals surface area contributed by atoms with Gasteiger partial charge in [0.15, 0.2) is 5.75 Å². The number of methoxy groups -OCH3 is 1. The third kappa shape index (κ3) is 5.28. The Morgan fingerprint density at radius 3 is 2.88 bits per heavy atom. The SMILES string of the molecule is COCCCOc1ccnc(C[S+]([O-])C2=NC3C=CC=CC3=N2)c1C.[NaH]. The molecule has 1 aliphatic carbocycles. The molecular formula is C18H22N3NaO3S. The molecule has 0 N–H and O–H groups in total. The molecule has 1 aromatic heterocycles. The molecule has 0 fully saturated rings. The zero-order chi connectivity index (χ0) is 17.6. The van der Waals surface area contributed by atoms with Gasteiger partial charge in [-0.05, 0) is 19.1 Å². The van der Waals surface area contributed by atoms with Crippen LogP contribution < -0.4 is 4.74 Å². The molecule has 2 unspecified atom stereocenters. The van der Waals surface area contributed by atoms with Gasteiger partial charge in [0.25, 0.3) is 0 Å². The van der Waals surface area contributed by atoms with E-state index in [1.54, 1.807) is 13.3 Å². The van der Waals surface area contributed by atoms with Crippen molar-refractivity contribution >= 4 is 51.6 Å². The molecule has 0 saturated carbocycles. The van der Waals surface area contributed by atoms with Crippen LogP contribution in [0.3, 0.4) is 0 Å². The quantitative estimate of drug-likeness (QED) is 0.408. The molecule has 2 atom stereocenters. The van der Waals surface area contributed by atoms with E-state index < -0.39 is 11.2 Å². The summed E-state index contributed by atoms with van der Waals surface area (Å²) in [5.41, 5.74) is 2.48. The van der Waals surface area contributed by atoms with Crippen molar-refractivity contribution in [1.29, 1.82) is 0 Å². The summed E-state index contributed by atoms with van der Waals surface area (Å²) < 4.78 is 23.4. The van der Waals surface area contributed by atoms with Crippen molar-refractivity contribution in [3.05, 3.63) is 47.8 Å². The zero-order valence-electron chi connectivity index (χ0n) is 14.3. The Morgan fingerprint density at radius 1 is 1.27 bits per heavy atom. The molecular weight excluding hydrogens is 361 g/mol. The van der Waals surface area contributed by atoms with Crippen molar-refractivity contribution in [1.82, 2.24) is 4.98 Å². The standard InChI is InChI=1S/C18H21N3O3S.Na.H/c1-13-16(19-9-8-17(13)24-11-5-10-23-2)12-25(22)18-20-14-6-3-4-7-15(14)21-18;;/h3-4,6-9,14H,5,10-12H2,1-2H3;;. The monoisotopic (exact) mass is 383 g/mol. The van der Waals surface area contributed by atoms with Crippen molar-refractivity contribution < 1.29 is 14.0 Å².